The van der Waals surface area contributed by atoms with E-state index in [1.54, 1.807) is 6.20 Å². The Morgan fingerprint density at radius 1 is 1.31 bits per heavy atom. The molecule has 2 N–H and O–H groups in total. The minimum Gasteiger partial charge on any atom is -0.394 e. The predicted molar refractivity (Wildman–Crippen MR) is 66.5 cm³/mol. The van der Waals surface area contributed by atoms with Gasteiger partial charge >= 0.3 is 0 Å². The van der Waals surface area contributed by atoms with Gasteiger partial charge in [-0.2, -0.15) is 0 Å². The minimum atomic E-state index is -0.310. The van der Waals surface area contributed by atoms with E-state index >= 15 is 0 Å². The third kappa shape index (κ3) is 2.31. The summed E-state index contributed by atoms with van der Waals surface area (Å²) in [5.41, 5.74) is 1.67. The normalized spacial score (nSPS) is 11.7. The highest BCUT2D eigenvalue weighted by atomic mass is 16.3. The van der Waals surface area contributed by atoms with E-state index in [1.807, 2.05) is 44.2 Å². The topological polar surface area (TPSA) is 45.1 Å². The summed E-state index contributed by atoms with van der Waals surface area (Å²) in [6.45, 7) is 4.01. The first kappa shape index (κ1) is 10.9. The van der Waals surface area contributed by atoms with Crippen LogP contribution in [0.4, 0.5) is 5.69 Å². The van der Waals surface area contributed by atoms with Crippen molar-refractivity contribution in [3.8, 4) is 0 Å². The van der Waals surface area contributed by atoms with E-state index < -0.39 is 0 Å². The summed E-state index contributed by atoms with van der Waals surface area (Å²) in [6, 6.07) is 9.94. The van der Waals surface area contributed by atoms with Gasteiger partial charge in [0, 0.05) is 17.3 Å². The Labute approximate surface area is 95.1 Å². The lowest BCUT2D eigenvalue weighted by molar-refractivity contribution is 0.234. The molecule has 0 radical (unpaired) electrons. The lowest BCUT2D eigenvalue weighted by Gasteiger charge is -2.25. The van der Waals surface area contributed by atoms with Crippen LogP contribution in [0.15, 0.2) is 36.5 Å². The Hall–Kier alpha value is -1.61. The number of nitrogens with zero attached hydrogens (tertiary/aromatic N) is 1. The Morgan fingerprint density at radius 2 is 2.12 bits per heavy atom. The third-order valence-electron chi connectivity index (χ3n) is 2.48. The molecule has 1 heterocycles. The molecule has 2 aromatic rings. The van der Waals surface area contributed by atoms with E-state index in [0.29, 0.717) is 0 Å². The van der Waals surface area contributed by atoms with Crippen molar-refractivity contribution in [3.63, 3.8) is 0 Å². The summed E-state index contributed by atoms with van der Waals surface area (Å²) in [5, 5.41) is 13.6. The second kappa shape index (κ2) is 4.10. The van der Waals surface area contributed by atoms with Crippen LogP contribution in [0.2, 0.25) is 0 Å². The van der Waals surface area contributed by atoms with Crippen LogP contribution >= 0.6 is 0 Å². The lowest BCUT2D eigenvalue weighted by atomic mass is 10.1. The number of hydrogen-bond acceptors (Lipinski definition) is 3. The molecule has 0 spiro atoms. The predicted octanol–water partition coefficient (Wildman–Crippen LogP) is 2.42. The summed E-state index contributed by atoms with van der Waals surface area (Å²) >= 11 is 0. The first-order chi connectivity index (χ1) is 7.61. The van der Waals surface area contributed by atoms with Crippen LogP contribution in [0.3, 0.4) is 0 Å². The minimum absolute atomic E-state index is 0.0953. The average molecular weight is 216 g/mol. The Kier molecular flexibility index (Phi) is 2.79. The molecular formula is C13H16N2O. The maximum Gasteiger partial charge on any atom is 0.0703 e. The Bertz CT molecular complexity index is 494. The molecule has 0 unspecified atom stereocenters. The molecule has 0 fully saturated rings. The van der Waals surface area contributed by atoms with Crippen molar-refractivity contribution in [1.29, 1.82) is 0 Å². The van der Waals surface area contributed by atoms with Gasteiger partial charge in [0.1, 0.15) is 0 Å². The number of fused-ring (bicyclic) bond motifs is 1. The number of rotatable bonds is 3. The standard InChI is InChI=1S/C13H16N2O/c1-13(2,9-16)15-11-5-6-12-10(8-11)4-3-7-14-12/h3-8,15-16H,9H2,1-2H3. The molecule has 3 nitrogen and oxygen atoms in total. The summed E-state index contributed by atoms with van der Waals surface area (Å²) in [6.07, 6.45) is 1.78. The van der Waals surface area contributed by atoms with Crippen molar-refractivity contribution in [2.45, 2.75) is 19.4 Å². The van der Waals surface area contributed by atoms with Crippen molar-refractivity contribution in [1.82, 2.24) is 4.98 Å². The van der Waals surface area contributed by atoms with Crippen LogP contribution in [0.1, 0.15) is 13.8 Å². The van der Waals surface area contributed by atoms with Crippen LogP contribution in [-0.2, 0) is 0 Å². The summed E-state index contributed by atoms with van der Waals surface area (Å²) in [5.74, 6) is 0. The van der Waals surface area contributed by atoms with E-state index in [2.05, 4.69) is 10.3 Å². The fourth-order valence-electron chi connectivity index (χ4n) is 1.58. The molecule has 0 aliphatic rings. The van der Waals surface area contributed by atoms with E-state index in [1.165, 1.54) is 0 Å². The number of benzene rings is 1. The number of nitrogens with one attached hydrogen (secondary N) is 1. The molecule has 0 atom stereocenters. The second-order valence-corrected chi connectivity index (χ2v) is 4.58. The van der Waals surface area contributed by atoms with Gasteiger partial charge in [-0.1, -0.05) is 6.07 Å². The Morgan fingerprint density at radius 3 is 2.88 bits per heavy atom. The SMILES string of the molecule is CC(C)(CO)Nc1ccc2ncccc2c1. The van der Waals surface area contributed by atoms with Crippen LogP contribution in [-0.4, -0.2) is 22.2 Å². The van der Waals surface area contributed by atoms with E-state index in [4.69, 9.17) is 0 Å². The highest BCUT2D eigenvalue weighted by Gasteiger charge is 2.15. The van der Waals surface area contributed by atoms with Crippen LogP contribution in [0.25, 0.3) is 10.9 Å². The number of hydrogen-bond donors (Lipinski definition) is 2. The number of pyridine rings is 1. The highest BCUT2D eigenvalue weighted by molar-refractivity contribution is 5.82. The molecule has 0 saturated carbocycles. The molecule has 3 heteroatoms. The third-order valence-corrected chi connectivity index (χ3v) is 2.48. The Balaban J connectivity index is 2.33. The van der Waals surface area contributed by atoms with Gasteiger partial charge in [0.15, 0.2) is 0 Å². The summed E-state index contributed by atoms with van der Waals surface area (Å²) in [4.78, 5) is 4.26. The highest BCUT2D eigenvalue weighted by Crippen LogP contribution is 2.20. The van der Waals surface area contributed by atoms with E-state index in [9.17, 15) is 5.11 Å². The fourth-order valence-corrected chi connectivity index (χ4v) is 1.58. The van der Waals surface area contributed by atoms with Gasteiger partial charge in [0.05, 0.1) is 17.7 Å². The molecule has 2 rings (SSSR count). The molecular weight excluding hydrogens is 200 g/mol. The van der Waals surface area contributed by atoms with Crippen molar-refractivity contribution in [2.24, 2.45) is 0 Å². The molecule has 0 amide bonds. The lowest BCUT2D eigenvalue weighted by Crippen LogP contribution is -2.34. The maximum atomic E-state index is 9.19. The maximum absolute atomic E-state index is 9.19. The molecule has 0 bridgehead atoms. The van der Waals surface area contributed by atoms with Crippen molar-refractivity contribution in [2.75, 3.05) is 11.9 Å². The van der Waals surface area contributed by atoms with E-state index in [-0.39, 0.29) is 12.1 Å². The molecule has 1 aromatic heterocycles. The number of anilines is 1. The van der Waals surface area contributed by atoms with Crippen molar-refractivity contribution in [3.05, 3.63) is 36.5 Å². The molecule has 0 aliphatic heterocycles. The van der Waals surface area contributed by atoms with Gasteiger partial charge < -0.3 is 10.4 Å². The first-order valence-corrected chi connectivity index (χ1v) is 5.34. The zero-order valence-electron chi connectivity index (χ0n) is 9.57. The summed E-state index contributed by atoms with van der Waals surface area (Å²) < 4.78 is 0. The molecule has 0 saturated heterocycles. The largest absolute Gasteiger partial charge is 0.394 e. The fraction of sp³-hybridized carbons (Fsp3) is 0.308. The van der Waals surface area contributed by atoms with E-state index in [0.717, 1.165) is 16.6 Å². The van der Waals surface area contributed by atoms with Crippen LogP contribution in [0, 0.1) is 0 Å². The monoisotopic (exact) mass is 216 g/mol. The van der Waals surface area contributed by atoms with Gasteiger partial charge in [0.25, 0.3) is 0 Å². The summed E-state index contributed by atoms with van der Waals surface area (Å²) in [7, 11) is 0. The number of aromatic nitrogens is 1. The zero-order valence-corrected chi connectivity index (χ0v) is 9.57. The van der Waals surface area contributed by atoms with Crippen molar-refractivity contribution >= 4 is 16.6 Å². The van der Waals surface area contributed by atoms with Gasteiger partial charge in [0.2, 0.25) is 0 Å². The molecule has 1 aromatic carbocycles. The molecule has 0 aliphatic carbocycles. The number of aliphatic hydroxyl groups is 1. The quantitative estimate of drug-likeness (QED) is 0.828. The second-order valence-electron chi connectivity index (χ2n) is 4.58. The molecule has 16 heavy (non-hydrogen) atoms. The van der Waals surface area contributed by atoms with Gasteiger partial charge in [-0.25, -0.2) is 0 Å². The van der Waals surface area contributed by atoms with Gasteiger partial charge in [-0.15, -0.1) is 0 Å². The van der Waals surface area contributed by atoms with Crippen molar-refractivity contribution < 1.29 is 5.11 Å². The van der Waals surface area contributed by atoms with Gasteiger partial charge in [-0.3, -0.25) is 4.98 Å². The first-order valence-electron chi connectivity index (χ1n) is 5.34. The molecule has 84 valence electrons. The zero-order chi connectivity index (χ0) is 11.6. The van der Waals surface area contributed by atoms with Crippen LogP contribution < -0.4 is 5.32 Å². The number of aliphatic hydroxyl groups excluding tert-OH is 1. The van der Waals surface area contributed by atoms with Gasteiger partial charge in [-0.05, 0) is 38.1 Å². The smallest absolute Gasteiger partial charge is 0.0703 e. The average Bonchev–Trinajstić information content (AvgIpc) is 2.28. The van der Waals surface area contributed by atoms with Crippen LogP contribution in [0.5, 0.6) is 0 Å².